The van der Waals surface area contributed by atoms with Gasteiger partial charge in [-0.1, -0.05) is 18.6 Å². The van der Waals surface area contributed by atoms with Crippen LogP contribution in [0.4, 0.5) is 0 Å². The second-order valence-electron chi connectivity index (χ2n) is 6.79. The Hall–Kier alpha value is -2.08. The summed E-state index contributed by atoms with van der Waals surface area (Å²) in [6, 6.07) is 7.44. The van der Waals surface area contributed by atoms with Crippen LogP contribution in [0.1, 0.15) is 48.5 Å². The van der Waals surface area contributed by atoms with Crippen molar-refractivity contribution in [2.75, 3.05) is 33.9 Å². The highest BCUT2D eigenvalue weighted by Crippen LogP contribution is 2.43. The second kappa shape index (κ2) is 10.2. The molecule has 0 heterocycles. The minimum atomic E-state index is -0.286. The minimum Gasteiger partial charge on any atom is -0.462 e. The van der Waals surface area contributed by atoms with Crippen LogP contribution in [-0.2, 0) is 16.0 Å². The molecule has 1 aliphatic rings. The number of methoxy groups -OCH3 is 1. The van der Waals surface area contributed by atoms with Gasteiger partial charge in [0.05, 0.1) is 12.2 Å². The van der Waals surface area contributed by atoms with Crippen LogP contribution in [0.2, 0.25) is 0 Å². The van der Waals surface area contributed by atoms with Crippen LogP contribution in [0, 0.1) is 5.41 Å². The zero-order valence-electron chi connectivity index (χ0n) is 16.1. The number of carbonyl (C=O) groups is 1. The van der Waals surface area contributed by atoms with E-state index in [1.54, 1.807) is 33.2 Å². The Kier molecular flexibility index (Phi) is 7.91. The Bertz CT molecular complexity index is 595. The monoisotopic (exact) mass is 361 g/mol. The molecule has 1 saturated carbocycles. The molecule has 0 spiro atoms. The van der Waals surface area contributed by atoms with Gasteiger partial charge >= 0.3 is 5.97 Å². The van der Waals surface area contributed by atoms with Crippen LogP contribution < -0.4 is 10.6 Å². The number of guanidine groups is 1. The van der Waals surface area contributed by atoms with Crippen molar-refractivity contribution in [1.82, 2.24) is 10.6 Å². The highest BCUT2D eigenvalue weighted by atomic mass is 16.5. The number of esters is 1. The molecular weight excluding hydrogens is 330 g/mol. The normalized spacial score (nSPS) is 15.9. The van der Waals surface area contributed by atoms with E-state index in [-0.39, 0.29) is 5.97 Å². The zero-order chi connectivity index (χ0) is 18.8. The van der Waals surface area contributed by atoms with E-state index in [0.29, 0.717) is 24.1 Å². The number of benzene rings is 1. The third kappa shape index (κ3) is 5.73. The number of ether oxygens (including phenoxy) is 2. The van der Waals surface area contributed by atoms with Crippen molar-refractivity contribution < 1.29 is 14.3 Å². The van der Waals surface area contributed by atoms with Gasteiger partial charge in [0.25, 0.3) is 0 Å². The Morgan fingerprint density at radius 3 is 2.50 bits per heavy atom. The average Bonchev–Trinajstić information content (AvgIpc) is 2.63. The van der Waals surface area contributed by atoms with Crippen LogP contribution in [0.15, 0.2) is 29.3 Å². The van der Waals surface area contributed by atoms with Gasteiger partial charge in [-0.2, -0.15) is 0 Å². The number of carbonyl (C=O) groups excluding carboxylic acids is 1. The van der Waals surface area contributed by atoms with Crippen molar-refractivity contribution >= 4 is 11.9 Å². The predicted molar refractivity (Wildman–Crippen MR) is 103 cm³/mol. The van der Waals surface area contributed by atoms with Crippen molar-refractivity contribution in [3.05, 3.63) is 35.4 Å². The molecule has 0 aliphatic heterocycles. The lowest BCUT2D eigenvalue weighted by molar-refractivity contribution is 0.0526. The summed E-state index contributed by atoms with van der Waals surface area (Å²) >= 11 is 0. The molecular formula is C20H31N3O3. The first-order chi connectivity index (χ1) is 12.6. The van der Waals surface area contributed by atoms with E-state index in [1.165, 1.54) is 19.3 Å². The fourth-order valence-electron chi connectivity index (χ4n) is 3.16. The summed E-state index contributed by atoms with van der Waals surface area (Å²) < 4.78 is 10.2. The molecule has 0 bridgehead atoms. The Labute approximate surface area is 156 Å². The molecule has 0 aromatic heterocycles. The topological polar surface area (TPSA) is 72.0 Å². The Morgan fingerprint density at radius 1 is 1.23 bits per heavy atom. The number of aliphatic imine (C=N–C) groups is 1. The number of nitrogens with zero attached hydrogens (tertiary/aromatic N) is 1. The summed E-state index contributed by atoms with van der Waals surface area (Å²) in [5.74, 6) is 0.509. The average molecular weight is 361 g/mol. The van der Waals surface area contributed by atoms with E-state index >= 15 is 0 Å². The summed E-state index contributed by atoms with van der Waals surface area (Å²) in [5.41, 5.74) is 2.00. The lowest BCUT2D eigenvalue weighted by Crippen LogP contribution is -2.46. The van der Waals surface area contributed by atoms with Gasteiger partial charge < -0.3 is 20.1 Å². The molecule has 1 aromatic rings. The first kappa shape index (κ1) is 20.2. The van der Waals surface area contributed by atoms with Gasteiger partial charge in [-0.05, 0) is 49.3 Å². The second-order valence-corrected chi connectivity index (χ2v) is 6.79. The maximum Gasteiger partial charge on any atom is 0.338 e. The lowest BCUT2D eigenvalue weighted by Gasteiger charge is -2.42. The molecule has 6 heteroatoms. The summed E-state index contributed by atoms with van der Waals surface area (Å²) in [6.07, 6.45) is 4.87. The number of hydrogen-bond donors (Lipinski definition) is 2. The number of nitrogens with one attached hydrogen (secondary N) is 2. The zero-order valence-corrected chi connectivity index (χ0v) is 16.1. The van der Waals surface area contributed by atoms with Crippen molar-refractivity contribution in [3.8, 4) is 0 Å². The third-order valence-electron chi connectivity index (χ3n) is 5.03. The van der Waals surface area contributed by atoms with Gasteiger partial charge in [-0.25, -0.2) is 4.79 Å². The Balaban J connectivity index is 1.80. The SMILES string of the molecule is CCOC(=O)c1ccc(CNC(=NC)NCC2(CCOC)CCC2)cc1. The highest BCUT2D eigenvalue weighted by Gasteiger charge is 2.36. The Morgan fingerprint density at radius 2 is 1.96 bits per heavy atom. The van der Waals surface area contributed by atoms with Crippen LogP contribution >= 0.6 is 0 Å². The largest absolute Gasteiger partial charge is 0.462 e. The van der Waals surface area contributed by atoms with Crippen molar-refractivity contribution in [2.45, 2.75) is 39.2 Å². The maximum absolute atomic E-state index is 11.7. The molecule has 0 radical (unpaired) electrons. The van der Waals surface area contributed by atoms with E-state index in [2.05, 4.69) is 15.6 Å². The maximum atomic E-state index is 11.7. The van der Waals surface area contributed by atoms with Crippen LogP contribution in [0.3, 0.4) is 0 Å². The molecule has 2 N–H and O–H groups in total. The standard InChI is InChI=1S/C20H31N3O3/c1-4-26-18(24)17-8-6-16(7-9-17)14-22-19(21-2)23-15-20(10-5-11-20)12-13-25-3/h6-9H,4-5,10-15H2,1-3H3,(H2,21,22,23). The van der Waals surface area contributed by atoms with Crippen LogP contribution in [-0.4, -0.2) is 45.8 Å². The third-order valence-corrected chi connectivity index (χ3v) is 5.03. The van der Waals surface area contributed by atoms with Gasteiger partial charge in [0.2, 0.25) is 0 Å². The fraction of sp³-hybridized carbons (Fsp3) is 0.600. The molecule has 1 aromatic carbocycles. The van der Waals surface area contributed by atoms with Crippen molar-refractivity contribution in [3.63, 3.8) is 0 Å². The molecule has 6 nitrogen and oxygen atoms in total. The minimum absolute atomic E-state index is 0.286. The smallest absolute Gasteiger partial charge is 0.338 e. The summed E-state index contributed by atoms with van der Waals surface area (Å²) in [5, 5.41) is 6.77. The van der Waals surface area contributed by atoms with Gasteiger partial charge in [0.1, 0.15) is 0 Å². The predicted octanol–water partition coefficient (Wildman–Crippen LogP) is 2.74. The molecule has 1 fully saturated rings. The molecule has 0 atom stereocenters. The molecule has 0 saturated heterocycles. The molecule has 144 valence electrons. The van der Waals surface area contributed by atoms with Crippen LogP contribution in [0.25, 0.3) is 0 Å². The number of hydrogen-bond acceptors (Lipinski definition) is 4. The van der Waals surface area contributed by atoms with Crippen molar-refractivity contribution in [1.29, 1.82) is 0 Å². The van der Waals surface area contributed by atoms with E-state index in [1.807, 2.05) is 12.1 Å². The van der Waals surface area contributed by atoms with Gasteiger partial charge in [-0.15, -0.1) is 0 Å². The summed E-state index contributed by atoms with van der Waals surface area (Å²) in [7, 11) is 3.54. The molecule has 1 aliphatic carbocycles. The number of rotatable bonds is 9. The quantitative estimate of drug-likeness (QED) is 0.402. The molecule has 0 unspecified atom stereocenters. The van der Waals surface area contributed by atoms with Gasteiger partial charge in [0, 0.05) is 33.9 Å². The molecule has 2 rings (SSSR count). The fourth-order valence-corrected chi connectivity index (χ4v) is 3.16. The summed E-state index contributed by atoms with van der Waals surface area (Å²) in [4.78, 5) is 16.0. The van der Waals surface area contributed by atoms with E-state index < -0.39 is 0 Å². The molecule has 0 amide bonds. The summed E-state index contributed by atoms with van der Waals surface area (Å²) in [6.45, 7) is 4.56. The van der Waals surface area contributed by atoms with Crippen LogP contribution in [0.5, 0.6) is 0 Å². The highest BCUT2D eigenvalue weighted by molar-refractivity contribution is 5.89. The van der Waals surface area contributed by atoms with Gasteiger partial charge in [0.15, 0.2) is 5.96 Å². The van der Waals surface area contributed by atoms with E-state index in [0.717, 1.165) is 31.1 Å². The van der Waals surface area contributed by atoms with E-state index in [4.69, 9.17) is 9.47 Å². The van der Waals surface area contributed by atoms with Crippen molar-refractivity contribution in [2.24, 2.45) is 10.4 Å². The molecule has 26 heavy (non-hydrogen) atoms. The first-order valence-electron chi connectivity index (χ1n) is 9.32. The first-order valence-corrected chi connectivity index (χ1v) is 9.32. The lowest BCUT2D eigenvalue weighted by atomic mass is 9.67. The van der Waals surface area contributed by atoms with Gasteiger partial charge in [-0.3, -0.25) is 4.99 Å². The van der Waals surface area contributed by atoms with E-state index in [9.17, 15) is 4.79 Å².